The largest absolute Gasteiger partial charge is 0.480 e. The topological polar surface area (TPSA) is 336 Å². The second-order valence-electron chi connectivity index (χ2n) is 11.3. The number of hydrogen-bond donors (Lipinski definition) is 9. The second-order valence-corrected chi connectivity index (χ2v) is 11.3. The van der Waals surface area contributed by atoms with Gasteiger partial charge in [0.1, 0.15) is 0 Å². The number of hydrogen-bond acceptors (Lipinski definition) is 9. The van der Waals surface area contributed by atoms with E-state index in [0.717, 1.165) is 0 Å². The Kier molecular flexibility index (Phi) is 21.2. The Morgan fingerprint density at radius 2 is 0.457 bits per heavy atom. The molecule has 0 spiro atoms. The van der Waals surface area contributed by atoms with Gasteiger partial charge in [0.05, 0.1) is 0 Å². The van der Waals surface area contributed by atoms with Crippen LogP contribution in [0.15, 0.2) is 0 Å². The van der Waals surface area contributed by atoms with Gasteiger partial charge in [-0.05, 0) is 56.3 Å². The van der Waals surface area contributed by atoms with Gasteiger partial charge in [0.2, 0.25) is 0 Å². The molecule has 0 aromatic heterocycles. The molecule has 0 amide bonds. The van der Waals surface area contributed by atoms with Crippen LogP contribution in [-0.4, -0.2) is 99.7 Å². The van der Waals surface area contributed by atoms with Crippen LogP contribution in [0.3, 0.4) is 0 Å². The van der Waals surface area contributed by atoms with Crippen LogP contribution in [-0.2, 0) is 43.2 Å². The van der Waals surface area contributed by atoms with Crippen molar-refractivity contribution in [1.29, 1.82) is 0 Å². The highest BCUT2D eigenvalue weighted by molar-refractivity contribution is 6.17. The summed E-state index contributed by atoms with van der Waals surface area (Å²) in [6, 6.07) is 0. The molecular formula is C28H46O18. The molecule has 0 aliphatic rings. The normalized spacial score (nSPS) is 11.2. The van der Waals surface area contributed by atoms with E-state index in [4.69, 9.17) is 46.0 Å². The van der Waals surface area contributed by atoms with Gasteiger partial charge in [-0.15, -0.1) is 0 Å². The smallest absolute Gasteiger partial charge is 0.332 e. The molecule has 0 unspecified atom stereocenters. The van der Waals surface area contributed by atoms with Crippen molar-refractivity contribution in [3.63, 3.8) is 0 Å². The van der Waals surface area contributed by atoms with Crippen molar-refractivity contribution in [2.24, 2.45) is 34.0 Å². The number of carboxylic acid groups (broad SMARTS) is 9. The third-order valence-electron chi connectivity index (χ3n) is 6.58. The van der Waals surface area contributed by atoms with Gasteiger partial charge in [-0.1, -0.05) is 49.0 Å². The van der Waals surface area contributed by atoms with Crippen LogP contribution >= 0.6 is 0 Å². The summed E-state index contributed by atoms with van der Waals surface area (Å²) in [6.45, 7) is 10.6. The Morgan fingerprint density at radius 3 is 0.522 bits per heavy atom. The molecule has 0 aromatic rings. The summed E-state index contributed by atoms with van der Waals surface area (Å²) in [7, 11) is 0. The minimum atomic E-state index is -2.72. The lowest BCUT2D eigenvalue weighted by Gasteiger charge is -2.20. The molecule has 0 aliphatic heterocycles. The molecule has 0 rings (SSSR count). The van der Waals surface area contributed by atoms with Gasteiger partial charge in [-0.25, -0.2) is 0 Å². The lowest BCUT2D eigenvalue weighted by molar-refractivity contribution is -0.179. The number of carboxylic acids is 9. The first-order chi connectivity index (χ1) is 20.2. The summed E-state index contributed by atoms with van der Waals surface area (Å²) in [4.78, 5) is 96.8. The summed E-state index contributed by atoms with van der Waals surface area (Å²) < 4.78 is 0. The van der Waals surface area contributed by atoms with Crippen LogP contribution in [0.1, 0.15) is 87.5 Å². The fraction of sp³-hybridized carbons (Fsp3) is 0.679. The SMILES string of the molecule is C.CC(C)CCC(C(=O)O)(C(=O)O)C(=O)O.CC(C)CCC(C(=O)O)(C(=O)O)C(=O)O.CC(C)CCC(C(=O)O)(C(=O)O)C(=O)O. The van der Waals surface area contributed by atoms with E-state index in [1.54, 1.807) is 41.5 Å². The van der Waals surface area contributed by atoms with Gasteiger partial charge in [-0.2, -0.15) is 0 Å². The maximum atomic E-state index is 10.8. The number of aliphatic carboxylic acids is 9. The van der Waals surface area contributed by atoms with Gasteiger partial charge in [-0.3, -0.25) is 43.2 Å². The highest BCUT2D eigenvalue weighted by atomic mass is 16.4. The lowest BCUT2D eigenvalue weighted by Crippen LogP contribution is -2.46. The molecule has 9 N–H and O–H groups in total. The van der Waals surface area contributed by atoms with E-state index in [9.17, 15) is 43.2 Å². The summed E-state index contributed by atoms with van der Waals surface area (Å²) in [5.74, 6) is -16.3. The summed E-state index contributed by atoms with van der Waals surface area (Å²) in [5, 5.41) is 78.4. The zero-order valence-electron chi connectivity index (χ0n) is 25.7. The van der Waals surface area contributed by atoms with Crippen molar-refractivity contribution in [1.82, 2.24) is 0 Å². The van der Waals surface area contributed by atoms with E-state index < -0.39 is 89.2 Å². The first-order valence-electron chi connectivity index (χ1n) is 13.3. The van der Waals surface area contributed by atoms with Crippen molar-refractivity contribution >= 4 is 53.7 Å². The van der Waals surface area contributed by atoms with Gasteiger partial charge < -0.3 is 46.0 Å². The van der Waals surface area contributed by atoms with E-state index >= 15 is 0 Å². The molecule has 0 heterocycles. The van der Waals surface area contributed by atoms with Gasteiger partial charge in [0, 0.05) is 0 Å². The molecule has 18 nitrogen and oxygen atoms in total. The summed E-state index contributed by atoms with van der Waals surface area (Å²) in [5.41, 5.74) is -8.15. The Hall–Kier alpha value is -4.77. The molecule has 0 radical (unpaired) electrons. The zero-order valence-corrected chi connectivity index (χ0v) is 25.7. The second kappa shape index (κ2) is 20.3. The third kappa shape index (κ3) is 12.7. The highest BCUT2D eigenvalue weighted by Crippen LogP contribution is 2.29. The van der Waals surface area contributed by atoms with Crippen LogP contribution in [0, 0.1) is 34.0 Å². The standard InChI is InChI=1S/3C9H14O6.CH4/c3*1-5(2)3-4-9(6(10)11,7(12)13)8(14)15;/h3*5H,3-4H2,1-2H3,(H,10,11)(H,12,13)(H,14,15);1H4. The molecule has 0 atom stereocenters. The lowest BCUT2D eigenvalue weighted by atomic mass is 9.81. The van der Waals surface area contributed by atoms with Gasteiger partial charge >= 0.3 is 53.7 Å². The third-order valence-corrected chi connectivity index (χ3v) is 6.58. The molecule has 18 heteroatoms. The molecule has 0 fully saturated rings. The van der Waals surface area contributed by atoms with Crippen LogP contribution in [0.4, 0.5) is 0 Å². The molecule has 0 bridgehead atoms. The Bertz CT molecular complexity index is 871. The van der Waals surface area contributed by atoms with Crippen LogP contribution in [0.25, 0.3) is 0 Å². The van der Waals surface area contributed by atoms with Crippen LogP contribution < -0.4 is 0 Å². The predicted octanol–water partition coefficient (Wildman–Crippen LogP) is 2.62. The van der Waals surface area contributed by atoms with Gasteiger partial charge in [0.15, 0.2) is 0 Å². The quantitative estimate of drug-likeness (QED) is 0.0945. The molecular weight excluding hydrogens is 624 g/mol. The molecule has 0 saturated carbocycles. The minimum Gasteiger partial charge on any atom is -0.480 e. The van der Waals surface area contributed by atoms with E-state index in [1.165, 1.54) is 0 Å². The fourth-order valence-corrected chi connectivity index (χ4v) is 3.30. The highest BCUT2D eigenvalue weighted by Gasteiger charge is 2.55. The number of carbonyl (C=O) groups is 9. The van der Waals surface area contributed by atoms with Crippen molar-refractivity contribution in [3.05, 3.63) is 0 Å². The van der Waals surface area contributed by atoms with E-state index in [1.807, 2.05) is 0 Å². The van der Waals surface area contributed by atoms with Crippen molar-refractivity contribution < 1.29 is 89.1 Å². The van der Waals surface area contributed by atoms with Crippen LogP contribution in [0.5, 0.6) is 0 Å². The van der Waals surface area contributed by atoms with Gasteiger partial charge in [0.25, 0.3) is 16.2 Å². The maximum absolute atomic E-state index is 10.8. The monoisotopic (exact) mass is 670 g/mol. The molecule has 0 aromatic carbocycles. The Morgan fingerprint density at radius 1 is 0.348 bits per heavy atom. The van der Waals surface area contributed by atoms with E-state index in [2.05, 4.69) is 0 Å². The fourth-order valence-electron chi connectivity index (χ4n) is 3.30. The summed E-state index contributed by atoms with van der Waals surface area (Å²) >= 11 is 0. The van der Waals surface area contributed by atoms with Crippen molar-refractivity contribution in [3.8, 4) is 0 Å². The average Bonchev–Trinajstić information content (AvgIpc) is 2.83. The molecule has 0 saturated heterocycles. The van der Waals surface area contributed by atoms with E-state index in [0.29, 0.717) is 0 Å². The Balaban J connectivity index is -0.000000285. The molecule has 266 valence electrons. The van der Waals surface area contributed by atoms with Crippen molar-refractivity contribution in [2.75, 3.05) is 0 Å². The summed E-state index contributed by atoms with van der Waals surface area (Å²) in [6.07, 6.45) is -0.555. The van der Waals surface area contributed by atoms with Crippen LogP contribution in [0.2, 0.25) is 0 Å². The first kappa shape index (κ1) is 48.1. The average molecular weight is 671 g/mol. The predicted molar refractivity (Wildman–Crippen MR) is 155 cm³/mol. The molecule has 46 heavy (non-hydrogen) atoms. The molecule has 0 aliphatic carbocycles. The minimum absolute atomic E-state index is 0. The number of rotatable bonds is 18. The van der Waals surface area contributed by atoms with E-state index in [-0.39, 0.29) is 44.4 Å². The zero-order chi connectivity index (χ0) is 36.7. The Labute approximate surface area is 264 Å². The maximum Gasteiger partial charge on any atom is 0.332 e. The first-order valence-corrected chi connectivity index (χ1v) is 13.3. The van der Waals surface area contributed by atoms with Crippen molar-refractivity contribution in [2.45, 2.75) is 87.5 Å².